The van der Waals surface area contributed by atoms with Crippen LogP contribution in [-0.4, -0.2) is 44.3 Å². The molecule has 1 aliphatic rings. The van der Waals surface area contributed by atoms with E-state index in [4.69, 9.17) is 4.74 Å². The topological polar surface area (TPSA) is 24.5 Å². The van der Waals surface area contributed by atoms with Crippen LogP contribution >= 0.6 is 0 Å². The highest BCUT2D eigenvalue weighted by Crippen LogP contribution is 2.05. The van der Waals surface area contributed by atoms with E-state index in [1.807, 2.05) is 0 Å². The molecule has 1 N–H and O–H groups in total. The van der Waals surface area contributed by atoms with Crippen molar-refractivity contribution in [3.05, 3.63) is 35.4 Å². The number of likely N-dealkylation sites (N-methyl/N-ethyl adjacent to an activating group) is 1. The first kappa shape index (κ1) is 13.5. The molecule has 3 nitrogen and oxygen atoms in total. The summed E-state index contributed by atoms with van der Waals surface area (Å²) in [6.07, 6.45) is 1.44. The van der Waals surface area contributed by atoms with Crippen molar-refractivity contribution in [1.29, 1.82) is 0 Å². The van der Waals surface area contributed by atoms with Crippen molar-refractivity contribution in [1.82, 2.24) is 10.2 Å². The Morgan fingerprint density at radius 2 is 2.00 bits per heavy atom. The number of aryl methyl sites for hydroxylation is 1. The second-order valence-electron chi connectivity index (χ2n) is 5.06. The van der Waals surface area contributed by atoms with E-state index < -0.39 is 0 Å². The SMILES string of the molecule is CCc1ccc(CNCC2CN(C)CCO2)cc1. The van der Waals surface area contributed by atoms with Gasteiger partial charge in [0, 0.05) is 26.2 Å². The molecule has 0 saturated carbocycles. The van der Waals surface area contributed by atoms with Gasteiger partial charge in [0.05, 0.1) is 12.7 Å². The molecule has 1 aromatic rings. The maximum Gasteiger partial charge on any atom is 0.0826 e. The zero-order chi connectivity index (χ0) is 12.8. The summed E-state index contributed by atoms with van der Waals surface area (Å²) >= 11 is 0. The summed E-state index contributed by atoms with van der Waals surface area (Å²) in [6, 6.07) is 8.84. The van der Waals surface area contributed by atoms with Crippen molar-refractivity contribution in [3.63, 3.8) is 0 Å². The lowest BCUT2D eigenvalue weighted by atomic mass is 10.1. The molecule has 1 aromatic carbocycles. The third-order valence-corrected chi connectivity index (χ3v) is 3.47. The molecule has 1 saturated heterocycles. The second-order valence-corrected chi connectivity index (χ2v) is 5.06. The fourth-order valence-corrected chi connectivity index (χ4v) is 2.26. The van der Waals surface area contributed by atoms with Crippen LogP contribution in [0.15, 0.2) is 24.3 Å². The Morgan fingerprint density at radius 1 is 1.28 bits per heavy atom. The molecule has 1 unspecified atom stereocenters. The summed E-state index contributed by atoms with van der Waals surface area (Å²) in [5, 5.41) is 3.48. The zero-order valence-electron chi connectivity index (χ0n) is 11.5. The number of hydrogen-bond acceptors (Lipinski definition) is 3. The van der Waals surface area contributed by atoms with Gasteiger partial charge in [0.25, 0.3) is 0 Å². The van der Waals surface area contributed by atoms with Crippen molar-refractivity contribution in [2.45, 2.75) is 26.0 Å². The molecule has 100 valence electrons. The van der Waals surface area contributed by atoms with Gasteiger partial charge >= 0.3 is 0 Å². The average Bonchev–Trinajstić information content (AvgIpc) is 2.40. The summed E-state index contributed by atoms with van der Waals surface area (Å²) in [5.74, 6) is 0. The standard InChI is InChI=1S/C15H24N2O/c1-3-13-4-6-14(7-5-13)10-16-11-15-12-17(2)8-9-18-15/h4-7,15-16H,3,8-12H2,1-2H3. The Balaban J connectivity index is 1.70. The third-order valence-electron chi connectivity index (χ3n) is 3.47. The molecule has 1 atom stereocenters. The minimum atomic E-state index is 0.332. The van der Waals surface area contributed by atoms with Crippen molar-refractivity contribution in [3.8, 4) is 0 Å². The molecule has 0 bridgehead atoms. The minimum Gasteiger partial charge on any atom is -0.374 e. The van der Waals surface area contributed by atoms with Crippen LogP contribution < -0.4 is 5.32 Å². The van der Waals surface area contributed by atoms with Crippen LogP contribution in [0.5, 0.6) is 0 Å². The Kier molecular flexibility index (Phi) is 5.17. The molecule has 1 fully saturated rings. The first-order chi connectivity index (χ1) is 8.78. The van der Waals surface area contributed by atoms with Gasteiger partial charge < -0.3 is 15.0 Å². The van der Waals surface area contributed by atoms with Gasteiger partial charge in [0.2, 0.25) is 0 Å². The number of hydrogen-bond donors (Lipinski definition) is 1. The lowest BCUT2D eigenvalue weighted by molar-refractivity contribution is -0.0182. The minimum absolute atomic E-state index is 0.332. The molecule has 2 rings (SSSR count). The average molecular weight is 248 g/mol. The molecule has 0 aliphatic carbocycles. The number of benzene rings is 1. The number of ether oxygens (including phenoxy) is 1. The first-order valence-corrected chi connectivity index (χ1v) is 6.86. The van der Waals surface area contributed by atoms with Crippen LogP contribution in [0.4, 0.5) is 0 Å². The Bertz CT molecular complexity index is 350. The van der Waals surface area contributed by atoms with Gasteiger partial charge in [-0.05, 0) is 24.6 Å². The third kappa shape index (κ3) is 4.09. The second kappa shape index (κ2) is 6.88. The summed E-state index contributed by atoms with van der Waals surface area (Å²) < 4.78 is 5.72. The largest absolute Gasteiger partial charge is 0.374 e. The van der Waals surface area contributed by atoms with Crippen LogP contribution in [0.25, 0.3) is 0 Å². The highest BCUT2D eigenvalue weighted by atomic mass is 16.5. The fourth-order valence-electron chi connectivity index (χ4n) is 2.26. The summed E-state index contributed by atoms with van der Waals surface area (Å²) in [6.45, 7) is 6.97. The molecule has 0 amide bonds. The van der Waals surface area contributed by atoms with Gasteiger partial charge in [-0.2, -0.15) is 0 Å². The van der Waals surface area contributed by atoms with Crippen LogP contribution in [0, 0.1) is 0 Å². The van der Waals surface area contributed by atoms with E-state index in [0.29, 0.717) is 6.10 Å². The van der Waals surface area contributed by atoms with Gasteiger partial charge in [0.15, 0.2) is 0 Å². The van der Waals surface area contributed by atoms with E-state index in [0.717, 1.165) is 39.2 Å². The fraction of sp³-hybridized carbons (Fsp3) is 0.600. The molecule has 0 spiro atoms. The molecular weight excluding hydrogens is 224 g/mol. The van der Waals surface area contributed by atoms with Crippen LogP contribution in [0.3, 0.4) is 0 Å². The van der Waals surface area contributed by atoms with E-state index in [-0.39, 0.29) is 0 Å². The Morgan fingerprint density at radius 3 is 2.67 bits per heavy atom. The number of nitrogens with one attached hydrogen (secondary N) is 1. The van der Waals surface area contributed by atoms with Crippen LogP contribution in [0.2, 0.25) is 0 Å². The van der Waals surface area contributed by atoms with Gasteiger partial charge in [-0.25, -0.2) is 0 Å². The Hall–Kier alpha value is -0.900. The quantitative estimate of drug-likeness (QED) is 0.858. The number of rotatable bonds is 5. The monoisotopic (exact) mass is 248 g/mol. The number of morpholine rings is 1. The molecule has 0 radical (unpaired) electrons. The molecule has 0 aromatic heterocycles. The summed E-state index contributed by atoms with van der Waals surface area (Å²) in [5.41, 5.74) is 2.74. The van der Waals surface area contributed by atoms with E-state index in [1.165, 1.54) is 11.1 Å². The molecule has 1 aliphatic heterocycles. The number of nitrogens with zero attached hydrogens (tertiary/aromatic N) is 1. The lowest BCUT2D eigenvalue weighted by Gasteiger charge is -2.30. The lowest BCUT2D eigenvalue weighted by Crippen LogP contribution is -2.44. The van der Waals surface area contributed by atoms with Gasteiger partial charge in [-0.1, -0.05) is 31.2 Å². The van der Waals surface area contributed by atoms with Crippen molar-refractivity contribution in [2.75, 3.05) is 33.3 Å². The van der Waals surface area contributed by atoms with Gasteiger partial charge in [-0.3, -0.25) is 0 Å². The van der Waals surface area contributed by atoms with E-state index >= 15 is 0 Å². The molecule has 1 heterocycles. The first-order valence-electron chi connectivity index (χ1n) is 6.86. The molecule has 3 heteroatoms. The molecular formula is C15H24N2O. The Labute approximate surface area is 110 Å². The molecule has 18 heavy (non-hydrogen) atoms. The van der Waals surface area contributed by atoms with Gasteiger partial charge in [0.1, 0.15) is 0 Å². The van der Waals surface area contributed by atoms with E-state index in [1.54, 1.807) is 0 Å². The van der Waals surface area contributed by atoms with Crippen molar-refractivity contribution < 1.29 is 4.74 Å². The van der Waals surface area contributed by atoms with Crippen molar-refractivity contribution in [2.24, 2.45) is 0 Å². The van der Waals surface area contributed by atoms with Crippen LogP contribution in [0.1, 0.15) is 18.1 Å². The normalized spacial score (nSPS) is 21.1. The predicted octanol–water partition coefficient (Wildman–Crippen LogP) is 1.67. The maximum atomic E-state index is 5.72. The zero-order valence-corrected chi connectivity index (χ0v) is 11.5. The van der Waals surface area contributed by atoms with Crippen molar-refractivity contribution >= 4 is 0 Å². The maximum absolute atomic E-state index is 5.72. The van der Waals surface area contributed by atoms with Gasteiger partial charge in [-0.15, -0.1) is 0 Å². The highest BCUT2D eigenvalue weighted by molar-refractivity contribution is 5.22. The van der Waals surface area contributed by atoms with E-state index in [2.05, 4.69) is 48.5 Å². The van der Waals surface area contributed by atoms with E-state index in [9.17, 15) is 0 Å². The summed E-state index contributed by atoms with van der Waals surface area (Å²) in [4.78, 5) is 2.33. The highest BCUT2D eigenvalue weighted by Gasteiger charge is 2.16. The predicted molar refractivity (Wildman–Crippen MR) is 74.8 cm³/mol. The van der Waals surface area contributed by atoms with Crippen LogP contribution in [-0.2, 0) is 17.7 Å². The smallest absolute Gasteiger partial charge is 0.0826 e. The summed E-state index contributed by atoms with van der Waals surface area (Å²) in [7, 11) is 2.15.